The molecule has 2 aliphatic carbocycles. The topological polar surface area (TPSA) is 58.9 Å². The number of fused-ring (bicyclic) bond motifs is 1. The van der Waals surface area contributed by atoms with E-state index in [0.29, 0.717) is 0 Å². The third kappa shape index (κ3) is 1.92. The Hall–Kier alpha value is -1.47. The Balaban J connectivity index is 1.97. The predicted molar refractivity (Wildman–Crippen MR) is 61.9 cm³/mol. The molecule has 2 aliphatic rings. The molecule has 1 saturated carbocycles. The van der Waals surface area contributed by atoms with Crippen molar-refractivity contribution < 1.29 is 33.2 Å². The number of rotatable bonds is 3. The van der Waals surface area contributed by atoms with Gasteiger partial charge in [0.1, 0.15) is 24.1 Å². The van der Waals surface area contributed by atoms with E-state index in [-0.39, 0.29) is 35.5 Å². The molecule has 20 heavy (non-hydrogen) atoms. The van der Waals surface area contributed by atoms with Crippen LogP contribution in [0.5, 0.6) is 11.5 Å². The molecule has 0 saturated heterocycles. The largest absolute Gasteiger partial charge is 0.490 e. The van der Waals surface area contributed by atoms with Gasteiger partial charge < -0.3 is 14.7 Å². The monoisotopic (exact) mass is 290 g/mol. The molecule has 0 spiro atoms. The molecule has 3 rings (SSSR count). The number of aliphatic hydroxyl groups excluding tert-OH is 1. The minimum absolute atomic E-state index is 0.0457. The van der Waals surface area contributed by atoms with Crippen molar-refractivity contribution in [1.82, 2.24) is 0 Å². The van der Waals surface area contributed by atoms with E-state index in [9.17, 15) is 18.3 Å². The first-order valence-electron chi connectivity index (χ1n) is 6.28. The molecule has 0 amide bonds. The fraction of sp³-hybridized carbons (Fsp3) is 0.538. The van der Waals surface area contributed by atoms with Crippen molar-refractivity contribution in [3.63, 3.8) is 0 Å². The summed E-state index contributed by atoms with van der Waals surface area (Å²) in [5, 5.41) is 18.4. The van der Waals surface area contributed by atoms with Gasteiger partial charge in [-0.05, 0) is 12.1 Å². The Morgan fingerprint density at radius 1 is 1.05 bits per heavy atom. The van der Waals surface area contributed by atoms with Gasteiger partial charge in [0.2, 0.25) is 0 Å². The first kappa shape index (κ1) is 13.5. The van der Waals surface area contributed by atoms with Gasteiger partial charge >= 0.3 is 0 Å². The summed E-state index contributed by atoms with van der Waals surface area (Å²) in [7, 11) is 0. The number of halogens is 3. The summed E-state index contributed by atoms with van der Waals surface area (Å²) in [6, 6.07) is 2.56. The van der Waals surface area contributed by atoms with Gasteiger partial charge in [-0.1, -0.05) is 0 Å². The van der Waals surface area contributed by atoms with Crippen LogP contribution in [-0.4, -0.2) is 28.8 Å². The Bertz CT molecular complexity index is 519. The molecule has 4 nitrogen and oxygen atoms in total. The van der Waals surface area contributed by atoms with Crippen LogP contribution in [0.4, 0.5) is 13.2 Å². The van der Waals surface area contributed by atoms with Crippen LogP contribution in [0.25, 0.3) is 0 Å². The zero-order valence-electron chi connectivity index (χ0n) is 10.3. The molecule has 1 fully saturated rings. The van der Waals surface area contributed by atoms with Gasteiger partial charge in [-0.2, -0.15) is 0 Å². The maximum atomic E-state index is 14.0. The van der Waals surface area contributed by atoms with Gasteiger partial charge in [0.15, 0.2) is 18.1 Å². The molecule has 1 aromatic carbocycles. The summed E-state index contributed by atoms with van der Waals surface area (Å²) in [4.78, 5) is 4.03. The highest BCUT2D eigenvalue weighted by atomic mass is 19.2. The first-order chi connectivity index (χ1) is 9.52. The maximum Gasteiger partial charge on any atom is 0.171 e. The third-order valence-electron chi connectivity index (χ3n) is 3.79. The van der Waals surface area contributed by atoms with Crippen molar-refractivity contribution in [3.05, 3.63) is 23.3 Å². The van der Waals surface area contributed by atoms with E-state index in [0.717, 1.165) is 0 Å². The molecule has 2 N–H and O–H groups in total. The zero-order chi connectivity index (χ0) is 14.4. The number of benzene rings is 1. The molecule has 7 heteroatoms. The number of hydrogen-bond donors (Lipinski definition) is 2. The van der Waals surface area contributed by atoms with E-state index in [4.69, 9.17) is 9.99 Å². The van der Waals surface area contributed by atoms with Crippen molar-refractivity contribution in [1.29, 1.82) is 0 Å². The minimum Gasteiger partial charge on any atom is -0.490 e. The molecular formula is C13H13F3O4. The highest BCUT2D eigenvalue weighted by Crippen LogP contribution is 2.51. The average Bonchev–Trinajstić information content (AvgIpc) is 2.63. The van der Waals surface area contributed by atoms with E-state index < -0.39 is 30.7 Å². The molecule has 110 valence electrons. The van der Waals surface area contributed by atoms with Crippen molar-refractivity contribution in [3.8, 4) is 11.5 Å². The Morgan fingerprint density at radius 2 is 1.70 bits per heavy atom. The van der Waals surface area contributed by atoms with Crippen LogP contribution in [0.3, 0.4) is 0 Å². The normalized spacial score (nSPS) is 35.4. The van der Waals surface area contributed by atoms with Crippen LogP contribution in [0.1, 0.15) is 36.2 Å². The zero-order valence-corrected chi connectivity index (χ0v) is 10.3. The summed E-state index contributed by atoms with van der Waals surface area (Å²) >= 11 is 0. The van der Waals surface area contributed by atoms with E-state index in [2.05, 4.69) is 4.89 Å². The second kappa shape index (κ2) is 4.82. The molecule has 0 radical (unpaired) electrons. The second-order valence-electron chi connectivity index (χ2n) is 5.08. The lowest BCUT2D eigenvalue weighted by atomic mass is 9.93. The Kier molecular flexibility index (Phi) is 3.25. The second-order valence-corrected chi connectivity index (χ2v) is 5.08. The molecule has 0 aromatic heterocycles. The average molecular weight is 290 g/mol. The standard InChI is InChI=1S/C13H13F3O4/c14-5-3-6(4-5)19-7-1-2-8(20-18)10-9(7)11(15)12(16)13(10)17/h1-2,5-6,11-13,17-18H,3-4H2/t5-,6-,11-,12-,13+/m1/s1. The molecule has 0 unspecified atom stereocenters. The fourth-order valence-electron chi connectivity index (χ4n) is 2.62. The SMILES string of the molecule is OOc1ccc(O[C@H]2C[C@H](F)C2)c2c1[C@H](O)[C@H](F)[C@@H]2F. The third-order valence-corrected chi connectivity index (χ3v) is 3.79. The van der Waals surface area contributed by atoms with Crippen LogP contribution in [-0.2, 0) is 0 Å². The summed E-state index contributed by atoms with van der Waals surface area (Å²) < 4.78 is 45.8. The molecule has 0 bridgehead atoms. The van der Waals surface area contributed by atoms with Gasteiger partial charge in [0.25, 0.3) is 0 Å². The van der Waals surface area contributed by atoms with Gasteiger partial charge in [-0.3, -0.25) is 0 Å². The highest BCUT2D eigenvalue weighted by Gasteiger charge is 2.46. The highest BCUT2D eigenvalue weighted by molar-refractivity contribution is 5.55. The quantitative estimate of drug-likeness (QED) is 0.664. The van der Waals surface area contributed by atoms with Crippen LogP contribution in [0, 0.1) is 0 Å². The van der Waals surface area contributed by atoms with Crippen LogP contribution < -0.4 is 9.62 Å². The van der Waals surface area contributed by atoms with Crippen LogP contribution in [0.15, 0.2) is 12.1 Å². The number of ether oxygens (including phenoxy) is 1. The fourth-order valence-corrected chi connectivity index (χ4v) is 2.62. The lowest BCUT2D eigenvalue weighted by molar-refractivity contribution is -0.139. The van der Waals surface area contributed by atoms with Gasteiger partial charge in [0.05, 0.1) is 0 Å². The molecular weight excluding hydrogens is 277 g/mol. The van der Waals surface area contributed by atoms with Crippen molar-refractivity contribution in [2.75, 3.05) is 0 Å². The summed E-state index contributed by atoms with van der Waals surface area (Å²) in [6.45, 7) is 0. The van der Waals surface area contributed by atoms with Crippen LogP contribution in [0.2, 0.25) is 0 Å². The van der Waals surface area contributed by atoms with E-state index >= 15 is 0 Å². The van der Waals surface area contributed by atoms with Crippen molar-refractivity contribution >= 4 is 0 Å². The van der Waals surface area contributed by atoms with E-state index in [1.165, 1.54) is 12.1 Å². The maximum absolute atomic E-state index is 14.0. The smallest absolute Gasteiger partial charge is 0.171 e. The molecule has 1 aromatic rings. The number of alkyl halides is 3. The summed E-state index contributed by atoms with van der Waals surface area (Å²) in [6.07, 6.45) is -6.89. The lowest BCUT2D eigenvalue weighted by Crippen LogP contribution is -2.35. The first-order valence-corrected chi connectivity index (χ1v) is 6.28. The predicted octanol–water partition coefficient (Wildman–Crippen LogP) is 2.81. The van der Waals surface area contributed by atoms with E-state index in [1.54, 1.807) is 0 Å². The molecule has 0 aliphatic heterocycles. The molecule has 0 heterocycles. The van der Waals surface area contributed by atoms with Gasteiger partial charge in [-0.25, -0.2) is 18.4 Å². The van der Waals surface area contributed by atoms with E-state index in [1.807, 2.05) is 0 Å². The number of aliphatic hydroxyl groups is 1. The van der Waals surface area contributed by atoms with Gasteiger partial charge in [-0.15, -0.1) is 0 Å². The Morgan fingerprint density at radius 3 is 2.30 bits per heavy atom. The van der Waals surface area contributed by atoms with Gasteiger partial charge in [0, 0.05) is 24.0 Å². The molecule has 3 atom stereocenters. The van der Waals surface area contributed by atoms with Crippen LogP contribution >= 0.6 is 0 Å². The lowest BCUT2D eigenvalue weighted by Gasteiger charge is -2.31. The minimum atomic E-state index is -2.15. The summed E-state index contributed by atoms with van der Waals surface area (Å²) in [5.41, 5.74) is -0.347. The number of hydrogen-bond acceptors (Lipinski definition) is 4. The summed E-state index contributed by atoms with van der Waals surface area (Å²) in [5.74, 6) is -0.177. The van der Waals surface area contributed by atoms with Crippen molar-refractivity contribution in [2.24, 2.45) is 0 Å². The Labute approximate surface area is 112 Å². The van der Waals surface area contributed by atoms with Crippen molar-refractivity contribution in [2.45, 2.75) is 43.6 Å².